The van der Waals surface area contributed by atoms with Crippen LogP contribution in [0.4, 0.5) is 5.69 Å². The number of carbonyl (C=O) groups is 1. The number of benzene rings is 1. The molecule has 7 heteroatoms. The fourth-order valence-electron chi connectivity index (χ4n) is 2.41. The number of nitrogens with one attached hydrogen (secondary N) is 2. The monoisotopic (exact) mass is 349 g/mol. The van der Waals surface area contributed by atoms with E-state index in [1.165, 1.54) is 6.07 Å². The number of hydrogen-bond acceptors (Lipinski definition) is 3. The zero-order valence-electron chi connectivity index (χ0n) is 11.8. The lowest BCUT2D eigenvalue weighted by molar-refractivity contribution is -0.117. The number of amides is 1. The third kappa shape index (κ3) is 4.73. The second-order valence-electron chi connectivity index (χ2n) is 5.19. The van der Waals surface area contributed by atoms with Gasteiger partial charge in [0.2, 0.25) is 5.91 Å². The fourth-order valence-corrected chi connectivity index (χ4v) is 3.01. The van der Waals surface area contributed by atoms with Crippen molar-refractivity contribution in [2.45, 2.75) is 18.9 Å². The van der Waals surface area contributed by atoms with E-state index in [2.05, 4.69) is 15.5 Å². The van der Waals surface area contributed by atoms with Crippen molar-refractivity contribution in [3.63, 3.8) is 0 Å². The Hall–Kier alpha value is -0.520. The summed E-state index contributed by atoms with van der Waals surface area (Å²) >= 11 is 17.9. The third-order valence-electron chi connectivity index (χ3n) is 3.61. The summed E-state index contributed by atoms with van der Waals surface area (Å²) in [4.78, 5) is 14.2. The molecule has 1 amide bonds. The van der Waals surface area contributed by atoms with E-state index in [1.54, 1.807) is 6.07 Å². The fraction of sp³-hybridized carbons (Fsp3) is 0.500. The highest BCUT2D eigenvalue weighted by molar-refractivity contribution is 6.44. The molecule has 21 heavy (non-hydrogen) atoms. The van der Waals surface area contributed by atoms with Gasteiger partial charge in [-0.2, -0.15) is 0 Å². The van der Waals surface area contributed by atoms with Gasteiger partial charge in [0.1, 0.15) is 0 Å². The van der Waals surface area contributed by atoms with Gasteiger partial charge in [0.25, 0.3) is 0 Å². The molecule has 0 aliphatic carbocycles. The van der Waals surface area contributed by atoms with Crippen molar-refractivity contribution in [3.05, 3.63) is 27.2 Å². The van der Waals surface area contributed by atoms with Crippen LogP contribution in [0, 0.1) is 0 Å². The van der Waals surface area contributed by atoms with Gasteiger partial charge in [-0.05, 0) is 45.1 Å². The molecule has 1 saturated heterocycles. The average molecular weight is 351 g/mol. The summed E-state index contributed by atoms with van der Waals surface area (Å²) < 4.78 is 0. The van der Waals surface area contributed by atoms with Crippen LogP contribution in [0.25, 0.3) is 0 Å². The third-order valence-corrected chi connectivity index (χ3v) is 4.64. The minimum absolute atomic E-state index is 0.115. The predicted molar refractivity (Wildman–Crippen MR) is 88.6 cm³/mol. The zero-order valence-corrected chi connectivity index (χ0v) is 14.0. The molecule has 0 unspecified atom stereocenters. The summed E-state index contributed by atoms with van der Waals surface area (Å²) in [5, 5.41) is 7.20. The molecule has 2 N–H and O–H groups in total. The first kappa shape index (κ1) is 16.8. The van der Waals surface area contributed by atoms with Crippen molar-refractivity contribution in [1.29, 1.82) is 0 Å². The molecule has 1 aliphatic rings. The maximum Gasteiger partial charge on any atom is 0.238 e. The number of rotatable bonds is 4. The van der Waals surface area contributed by atoms with Gasteiger partial charge in [-0.15, -0.1) is 0 Å². The first-order chi connectivity index (χ1) is 9.97. The summed E-state index contributed by atoms with van der Waals surface area (Å²) in [6.45, 7) is 2.31. The molecule has 1 heterocycles. The minimum Gasteiger partial charge on any atom is -0.324 e. The minimum atomic E-state index is -0.115. The van der Waals surface area contributed by atoms with Crippen LogP contribution in [-0.4, -0.2) is 43.5 Å². The smallest absolute Gasteiger partial charge is 0.238 e. The normalized spacial score (nSPS) is 16.2. The van der Waals surface area contributed by atoms with Crippen molar-refractivity contribution in [2.24, 2.45) is 0 Å². The molecule has 1 aromatic carbocycles. The van der Waals surface area contributed by atoms with Crippen LogP contribution in [-0.2, 0) is 4.79 Å². The second kappa shape index (κ2) is 7.65. The van der Waals surface area contributed by atoms with Crippen molar-refractivity contribution in [1.82, 2.24) is 10.2 Å². The highest BCUT2D eigenvalue weighted by atomic mass is 35.5. The Morgan fingerprint density at radius 1 is 1.24 bits per heavy atom. The van der Waals surface area contributed by atoms with Gasteiger partial charge in [-0.25, -0.2) is 0 Å². The van der Waals surface area contributed by atoms with Crippen molar-refractivity contribution in [3.8, 4) is 0 Å². The summed E-state index contributed by atoms with van der Waals surface area (Å²) in [5.41, 5.74) is 0.481. The van der Waals surface area contributed by atoms with Gasteiger partial charge < -0.3 is 10.6 Å². The summed E-state index contributed by atoms with van der Waals surface area (Å²) in [6.07, 6.45) is 2.11. The maximum absolute atomic E-state index is 12.1. The lowest BCUT2D eigenvalue weighted by Gasteiger charge is -2.31. The molecule has 0 bridgehead atoms. The van der Waals surface area contributed by atoms with Gasteiger partial charge in [-0.1, -0.05) is 34.8 Å². The predicted octanol–water partition coefficient (Wildman–Crippen LogP) is 3.27. The lowest BCUT2D eigenvalue weighted by Crippen LogP contribution is -2.44. The molecule has 0 radical (unpaired) electrons. The molecule has 116 valence electrons. The number of likely N-dealkylation sites (N-methyl/N-ethyl adjacent to an activating group) is 1. The number of nitrogens with zero attached hydrogens (tertiary/aromatic N) is 1. The molecule has 1 aromatic rings. The van der Waals surface area contributed by atoms with E-state index in [1.807, 2.05) is 7.05 Å². The van der Waals surface area contributed by atoms with E-state index in [0.29, 0.717) is 33.3 Å². The Labute approximate surface area is 139 Å². The molecule has 0 spiro atoms. The quantitative estimate of drug-likeness (QED) is 0.819. The average Bonchev–Trinajstić information content (AvgIpc) is 2.45. The van der Waals surface area contributed by atoms with Crippen LogP contribution in [0.5, 0.6) is 0 Å². The molecular formula is C14H18Cl3N3O. The SMILES string of the molecule is CN(CC(=O)Nc1cc(Cl)c(Cl)cc1Cl)C1CCNCC1. The Morgan fingerprint density at radius 2 is 1.86 bits per heavy atom. The van der Waals surface area contributed by atoms with Crippen LogP contribution < -0.4 is 10.6 Å². The first-order valence-electron chi connectivity index (χ1n) is 6.82. The van der Waals surface area contributed by atoms with Crippen molar-refractivity contribution >= 4 is 46.4 Å². The number of carbonyl (C=O) groups excluding carboxylic acids is 1. The summed E-state index contributed by atoms with van der Waals surface area (Å²) in [5.74, 6) is -0.115. The number of anilines is 1. The van der Waals surface area contributed by atoms with E-state index < -0.39 is 0 Å². The van der Waals surface area contributed by atoms with Crippen LogP contribution >= 0.6 is 34.8 Å². The molecule has 1 aliphatic heterocycles. The first-order valence-corrected chi connectivity index (χ1v) is 7.96. The summed E-state index contributed by atoms with van der Waals surface area (Å²) in [6, 6.07) is 3.52. The Bertz CT molecular complexity index is 518. The van der Waals surface area contributed by atoms with Gasteiger partial charge in [0.05, 0.1) is 27.3 Å². The molecule has 0 atom stereocenters. The van der Waals surface area contributed by atoms with Crippen molar-refractivity contribution < 1.29 is 4.79 Å². The van der Waals surface area contributed by atoms with Gasteiger partial charge in [-0.3, -0.25) is 9.69 Å². The van der Waals surface area contributed by atoms with E-state index in [-0.39, 0.29) is 5.91 Å². The van der Waals surface area contributed by atoms with Crippen molar-refractivity contribution in [2.75, 3.05) is 32.0 Å². The maximum atomic E-state index is 12.1. The van der Waals surface area contributed by atoms with Crippen LogP contribution in [0.15, 0.2) is 12.1 Å². The van der Waals surface area contributed by atoms with Crippen LogP contribution in [0.2, 0.25) is 15.1 Å². The van der Waals surface area contributed by atoms with E-state index in [9.17, 15) is 4.79 Å². The van der Waals surface area contributed by atoms with Crippen LogP contribution in [0.3, 0.4) is 0 Å². The number of piperidine rings is 1. The van der Waals surface area contributed by atoms with E-state index in [0.717, 1.165) is 25.9 Å². The zero-order chi connectivity index (χ0) is 15.4. The topological polar surface area (TPSA) is 44.4 Å². The summed E-state index contributed by atoms with van der Waals surface area (Å²) in [7, 11) is 1.96. The Morgan fingerprint density at radius 3 is 2.52 bits per heavy atom. The Balaban J connectivity index is 1.93. The molecule has 1 fully saturated rings. The molecule has 2 rings (SSSR count). The highest BCUT2D eigenvalue weighted by Gasteiger charge is 2.20. The molecule has 0 aromatic heterocycles. The largest absolute Gasteiger partial charge is 0.324 e. The molecule has 4 nitrogen and oxygen atoms in total. The molecular weight excluding hydrogens is 333 g/mol. The lowest BCUT2D eigenvalue weighted by atomic mass is 10.1. The molecule has 0 saturated carbocycles. The number of halogens is 3. The second-order valence-corrected chi connectivity index (χ2v) is 6.41. The Kier molecular flexibility index (Phi) is 6.14. The van der Waals surface area contributed by atoms with E-state index in [4.69, 9.17) is 34.8 Å². The standard InChI is InChI=1S/C14H18Cl3N3O/c1-20(9-2-4-18-5-3-9)8-14(21)19-13-7-11(16)10(15)6-12(13)17/h6-7,9,18H,2-5,8H2,1H3,(H,19,21). The van der Waals surface area contributed by atoms with E-state index >= 15 is 0 Å². The number of hydrogen-bond donors (Lipinski definition) is 2. The van der Waals surface area contributed by atoms with Crippen LogP contribution in [0.1, 0.15) is 12.8 Å². The highest BCUT2D eigenvalue weighted by Crippen LogP contribution is 2.32. The van der Waals surface area contributed by atoms with Gasteiger partial charge >= 0.3 is 0 Å². The van der Waals surface area contributed by atoms with Gasteiger partial charge in [0, 0.05) is 6.04 Å². The van der Waals surface area contributed by atoms with Gasteiger partial charge in [0.15, 0.2) is 0 Å².